The van der Waals surface area contributed by atoms with E-state index < -0.39 is 29.9 Å². The maximum atomic E-state index is 14.3. The average molecular weight is 403 g/mol. The highest BCUT2D eigenvalue weighted by atomic mass is 19.1. The lowest BCUT2D eigenvalue weighted by Crippen LogP contribution is -2.35. The average Bonchev–Trinajstić information content (AvgIpc) is 3.29. The van der Waals surface area contributed by atoms with E-state index in [0.29, 0.717) is 29.9 Å². The standard InChI is InChI=1S/C22H27FN4O2/c1-5-27(6-2)10-9-24-22(29)20-13(3)19(25-14(20)4)12-17-16-11-15(23)7-8-18(16)26-21(17)28/h7-8,11-12,25H,5-6,9-10H2,1-4H3,(H,24,29)(H,26,28)/b17-12-/i7D,8D,11D,12D. The van der Waals surface area contributed by atoms with E-state index in [1.807, 2.05) is 13.8 Å². The Hall–Kier alpha value is -2.93. The van der Waals surface area contributed by atoms with Gasteiger partial charge < -0.3 is 20.5 Å². The van der Waals surface area contributed by atoms with Crippen molar-refractivity contribution >= 4 is 29.1 Å². The molecule has 2 amide bonds. The quantitative estimate of drug-likeness (QED) is 0.622. The minimum atomic E-state index is -1.23. The maximum Gasteiger partial charge on any atom is 0.256 e. The van der Waals surface area contributed by atoms with Crippen molar-refractivity contribution in [3.8, 4) is 0 Å². The molecular weight excluding hydrogens is 371 g/mol. The number of anilines is 1. The van der Waals surface area contributed by atoms with Crippen LogP contribution in [-0.4, -0.2) is 47.9 Å². The highest BCUT2D eigenvalue weighted by molar-refractivity contribution is 6.34. The highest BCUT2D eigenvalue weighted by Crippen LogP contribution is 2.34. The molecule has 3 N–H and O–H groups in total. The fourth-order valence-corrected chi connectivity index (χ4v) is 3.37. The molecule has 0 unspecified atom stereocenters. The van der Waals surface area contributed by atoms with Crippen molar-refractivity contribution in [2.45, 2.75) is 27.7 Å². The predicted octanol–water partition coefficient (Wildman–Crippen LogP) is 3.33. The molecule has 0 aliphatic carbocycles. The Morgan fingerprint density at radius 2 is 2.07 bits per heavy atom. The fraction of sp³-hybridized carbons (Fsp3) is 0.364. The van der Waals surface area contributed by atoms with Gasteiger partial charge in [-0.25, -0.2) is 4.39 Å². The van der Waals surface area contributed by atoms with Crippen LogP contribution in [-0.2, 0) is 4.79 Å². The minimum absolute atomic E-state index is 0.161. The first-order valence-corrected chi connectivity index (χ1v) is 9.56. The molecule has 0 saturated carbocycles. The van der Waals surface area contributed by atoms with Crippen molar-refractivity contribution in [3.63, 3.8) is 0 Å². The van der Waals surface area contributed by atoms with Gasteiger partial charge in [-0.3, -0.25) is 9.59 Å². The smallest absolute Gasteiger partial charge is 0.256 e. The second kappa shape index (κ2) is 8.61. The molecule has 0 saturated heterocycles. The summed E-state index contributed by atoms with van der Waals surface area (Å²) in [5.41, 5.74) is 0.842. The van der Waals surface area contributed by atoms with E-state index in [2.05, 4.69) is 20.5 Å². The first-order chi connectivity index (χ1) is 15.5. The summed E-state index contributed by atoms with van der Waals surface area (Å²) in [6.45, 7) is 10.3. The van der Waals surface area contributed by atoms with Crippen LogP contribution in [0.4, 0.5) is 10.1 Å². The van der Waals surface area contributed by atoms with E-state index >= 15 is 0 Å². The summed E-state index contributed by atoms with van der Waals surface area (Å²) >= 11 is 0. The topological polar surface area (TPSA) is 77.2 Å². The summed E-state index contributed by atoms with van der Waals surface area (Å²) in [4.78, 5) is 30.6. The van der Waals surface area contributed by atoms with Gasteiger partial charge in [0.1, 0.15) is 5.82 Å². The van der Waals surface area contributed by atoms with Crippen molar-refractivity contribution in [3.05, 3.63) is 52.0 Å². The monoisotopic (exact) mass is 402 g/mol. The van der Waals surface area contributed by atoms with E-state index in [4.69, 9.17) is 5.48 Å². The van der Waals surface area contributed by atoms with Gasteiger partial charge in [-0.2, -0.15) is 0 Å². The second-order valence-electron chi connectivity index (χ2n) is 6.80. The SMILES string of the molecule is [2H]/C(=C1/C(=O)Nc2c([2H])c([2H])c(F)c([2H])c21)c1[nH]c(C)c(C(=O)NCCN(CC)CC)c1C. The Labute approximate surface area is 175 Å². The molecule has 2 heterocycles. The molecule has 0 spiro atoms. The Balaban J connectivity index is 2.01. The van der Waals surface area contributed by atoms with Gasteiger partial charge in [-0.05, 0) is 56.7 Å². The van der Waals surface area contributed by atoms with Crippen LogP contribution in [0.15, 0.2) is 18.1 Å². The lowest BCUT2D eigenvalue weighted by Gasteiger charge is -2.18. The molecule has 7 heteroatoms. The molecule has 2 aromatic rings. The van der Waals surface area contributed by atoms with Crippen LogP contribution < -0.4 is 10.6 Å². The van der Waals surface area contributed by atoms with Crippen LogP contribution in [0, 0.1) is 19.7 Å². The van der Waals surface area contributed by atoms with Crippen LogP contribution in [0.1, 0.15) is 52.2 Å². The van der Waals surface area contributed by atoms with E-state index in [-0.39, 0.29) is 34.5 Å². The third-order valence-corrected chi connectivity index (χ3v) is 5.02. The van der Waals surface area contributed by atoms with Crippen molar-refractivity contribution in [2.75, 3.05) is 31.5 Å². The Morgan fingerprint density at radius 1 is 1.34 bits per heavy atom. The number of aryl methyl sites for hydroxylation is 1. The van der Waals surface area contributed by atoms with E-state index in [9.17, 15) is 14.0 Å². The molecule has 29 heavy (non-hydrogen) atoms. The number of H-pyrrole nitrogens is 1. The predicted molar refractivity (Wildman–Crippen MR) is 113 cm³/mol. The number of aromatic amines is 1. The molecule has 0 fully saturated rings. The lowest BCUT2D eigenvalue weighted by molar-refractivity contribution is -0.110. The van der Waals surface area contributed by atoms with Gasteiger partial charge >= 0.3 is 0 Å². The van der Waals surface area contributed by atoms with Crippen LogP contribution in [0.5, 0.6) is 0 Å². The normalized spacial score (nSPS) is 16.7. The number of carbonyl (C=O) groups excluding carboxylic acids is 2. The van der Waals surface area contributed by atoms with E-state index in [0.717, 1.165) is 13.1 Å². The molecule has 3 rings (SSSR count). The number of benzene rings is 1. The van der Waals surface area contributed by atoms with Crippen molar-refractivity contribution < 1.29 is 19.5 Å². The number of halogens is 1. The first-order valence-electron chi connectivity index (χ1n) is 11.6. The van der Waals surface area contributed by atoms with Crippen molar-refractivity contribution in [1.29, 1.82) is 0 Å². The van der Waals surface area contributed by atoms with Gasteiger partial charge in [0, 0.05) is 35.7 Å². The summed E-state index contributed by atoms with van der Waals surface area (Å²) in [6, 6.07) is -2.39. The molecule has 6 nitrogen and oxygen atoms in total. The fourth-order valence-electron chi connectivity index (χ4n) is 3.37. The summed E-state index contributed by atoms with van der Waals surface area (Å²) in [6.07, 6.45) is 0. The Kier molecular flexibility index (Phi) is 4.73. The number of fused-ring (bicyclic) bond motifs is 1. The van der Waals surface area contributed by atoms with Crippen molar-refractivity contribution in [1.82, 2.24) is 15.2 Å². The molecule has 0 atom stereocenters. The van der Waals surface area contributed by atoms with Crippen LogP contribution >= 0.6 is 0 Å². The maximum absolute atomic E-state index is 14.3. The zero-order valence-corrected chi connectivity index (χ0v) is 17.0. The van der Waals surface area contributed by atoms with E-state index in [1.165, 1.54) is 0 Å². The van der Waals surface area contributed by atoms with Gasteiger partial charge in [0.25, 0.3) is 11.8 Å². The molecule has 1 aromatic carbocycles. The minimum Gasteiger partial charge on any atom is -0.358 e. The summed E-state index contributed by atoms with van der Waals surface area (Å²) in [5.74, 6) is -2.31. The largest absolute Gasteiger partial charge is 0.358 e. The third kappa shape index (κ3) is 4.24. The molecule has 1 aromatic heterocycles. The molecule has 1 aliphatic rings. The molecule has 0 radical (unpaired) electrons. The summed E-state index contributed by atoms with van der Waals surface area (Å²) in [7, 11) is 0. The number of carbonyl (C=O) groups is 2. The number of likely N-dealkylation sites (N-methyl/N-ethyl adjacent to an activating group) is 1. The zero-order valence-electron chi connectivity index (χ0n) is 21.0. The third-order valence-electron chi connectivity index (χ3n) is 5.02. The number of amides is 2. The van der Waals surface area contributed by atoms with Crippen LogP contribution in [0.2, 0.25) is 0 Å². The number of aromatic nitrogens is 1. The second-order valence-corrected chi connectivity index (χ2v) is 6.80. The highest BCUT2D eigenvalue weighted by Gasteiger charge is 2.26. The summed E-state index contributed by atoms with van der Waals surface area (Å²) < 4.78 is 46.5. The zero-order chi connectivity index (χ0) is 24.6. The Morgan fingerprint density at radius 3 is 2.76 bits per heavy atom. The van der Waals surface area contributed by atoms with Gasteiger partial charge in [0.2, 0.25) is 0 Å². The molecule has 0 bridgehead atoms. The molecule has 154 valence electrons. The van der Waals surface area contributed by atoms with Crippen molar-refractivity contribution in [2.24, 2.45) is 0 Å². The lowest BCUT2D eigenvalue weighted by atomic mass is 10.0. The number of hydrogen-bond donors (Lipinski definition) is 3. The molecular formula is C22H27FN4O2. The van der Waals surface area contributed by atoms with Gasteiger partial charge in [0.05, 0.1) is 16.6 Å². The van der Waals surface area contributed by atoms with E-state index in [1.54, 1.807) is 13.8 Å². The van der Waals surface area contributed by atoms with Gasteiger partial charge in [0.15, 0.2) is 0 Å². The number of nitrogens with one attached hydrogen (secondary N) is 3. The van der Waals surface area contributed by atoms with Gasteiger partial charge in [-0.15, -0.1) is 0 Å². The number of rotatable bonds is 7. The number of hydrogen-bond acceptors (Lipinski definition) is 3. The Bertz CT molecular complexity index is 1170. The van der Waals surface area contributed by atoms with Crippen LogP contribution in [0.3, 0.4) is 0 Å². The van der Waals surface area contributed by atoms with Gasteiger partial charge in [-0.1, -0.05) is 13.8 Å². The first kappa shape index (κ1) is 15.9. The summed E-state index contributed by atoms with van der Waals surface area (Å²) in [5, 5.41) is 5.25. The number of nitrogens with zero attached hydrogens (tertiary/aromatic N) is 1. The molecule has 1 aliphatic heterocycles. The van der Waals surface area contributed by atoms with Crippen LogP contribution in [0.25, 0.3) is 11.6 Å².